The molecule has 0 aliphatic carbocycles. The van der Waals surface area contributed by atoms with Gasteiger partial charge in [0.05, 0.1) is 20.3 Å². The molecule has 24 heavy (non-hydrogen) atoms. The minimum atomic E-state index is 0.0645. The summed E-state index contributed by atoms with van der Waals surface area (Å²) < 4.78 is 11.0. The summed E-state index contributed by atoms with van der Waals surface area (Å²) in [6, 6.07) is 14.7. The van der Waals surface area contributed by atoms with Gasteiger partial charge in [0.2, 0.25) is 0 Å². The predicted octanol–water partition coefficient (Wildman–Crippen LogP) is 3.16. The lowest BCUT2D eigenvalue weighted by molar-refractivity contribution is 0.325. The Labute approximate surface area is 148 Å². The van der Waals surface area contributed by atoms with Gasteiger partial charge in [-0.15, -0.1) is 0 Å². The monoisotopic (exact) mass is 342 g/mol. The van der Waals surface area contributed by atoms with Crippen molar-refractivity contribution < 1.29 is 9.47 Å². The van der Waals surface area contributed by atoms with Crippen LogP contribution in [0.25, 0.3) is 0 Å². The molecule has 0 spiro atoms. The van der Waals surface area contributed by atoms with Gasteiger partial charge in [0.25, 0.3) is 0 Å². The molecule has 5 heteroatoms. The highest BCUT2D eigenvalue weighted by Crippen LogP contribution is 2.40. The molecular weight excluding hydrogens is 320 g/mol. The van der Waals surface area contributed by atoms with Gasteiger partial charge in [0.15, 0.2) is 16.6 Å². The summed E-state index contributed by atoms with van der Waals surface area (Å²) in [7, 11) is 5.21. The minimum absolute atomic E-state index is 0.0645. The van der Waals surface area contributed by atoms with Gasteiger partial charge < -0.3 is 19.7 Å². The van der Waals surface area contributed by atoms with Crippen molar-refractivity contribution in [3.63, 3.8) is 0 Å². The first-order valence-corrected chi connectivity index (χ1v) is 8.38. The smallest absolute Gasteiger partial charge is 0.169 e. The third kappa shape index (κ3) is 2.91. The number of methoxy groups -OCH3 is 2. The Kier molecular flexibility index (Phi) is 4.90. The van der Waals surface area contributed by atoms with E-state index < -0.39 is 0 Å². The van der Waals surface area contributed by atoms with Gasteiger partial charge in [0.1, 0.15) is 0 Å². The normalized spacial score (nSPS) is 16.3. The van der Waals surface area contributed by atoms with Crippen LogP contribution in [0.2, 0.25) is 0 Å². The molecule has 0 saturated heterocycles. The summed E-state index contributed by atoms with van der Waals surface area (Å²) in [6.07, 6.45) is 0.918. The molecule has 1 N–H and O–H groups in total. The van der Waals surface area contributed by atoms with Crippen molar-refractivity contribution in [3.8, 4) is 11.5 Å². The van der Waals surface area contributed by atoms with Gasteiger partial charge in [-0.3, -0.25) is 0 Å². The van der Waals surface area contributed by atoms with E-state index in [4.69, 9.17) is 21.7 Å². The van der Waals surface area contributed by atoms with E-state index in [0.29, 0.717) is 0 Å². The van der Waals surface area contributed by atoms with Gasteiger partial charge in [-0.05, 0) is 47.5 Å². The van der Waals surface area contributed by atoms with E-state index in [-0.39, 0.29) is 6.04 Å². The standard InChI is InChI=1S/C19H22N2O2S/c1-20-19(24)21-10-9-14-11-16(22-2)17(23-3)12-15(14)18(21)13-7-5-4-6-8-13/h4-8,11-12,18H,9-10H2,1-3H3,(H,20,24)/t18-/m1/s1. The second-order valence-electron chi connectivity index (χ2n) is 5.72. The number of ether oxygens (including phenoxy) is 2. The number of fused-ring (bicyclic) bond motifs is 1. The highest BCUT2D eigenvalue weighted by molar-refractivity contribution is 7.80. The van der Waals surface area contributed by atoms with E-state index in [9.17, 15) is 0 Å². The highest BCUT2D eigenvalue weighted by Gasteiger charge is 2.31. The number of benzene rings is 2. The molecule has 0 bridgehead atoms. The van der Waals surface area contributed by atoms with Crippen molar-refractivity contribution in [2.24, 2.45) is 0 Å². The van der Waals surface area contributed by atoms with Crippen LogP contribution in [0.1, 0.15) is 22.7 Å². The van der Waals surface area contributed by atoms with E-state index in [2.05, 4.69) is 46.6 Å². The molecule has 2 aromatic carbocycles. The lowest BCUT2D eigenvalue weighted by atomic mass is 9.88. The van der Waals surface area contributed by atoms with Crippen LogP contribution in [-0.4, -0.2) is 37.8 Å². The molecule has 2 aromatic rings. The SMILES string of the molecule is CNC(=S)N1CCc2cc(OC)c(OC)cc2[C@H]1c1ccccc1. The van der Waals surface area contributed by atoms with Crippen molar-refractivity contribution in [1.29, 1.82) is 0 Å². The third-order valence-electron chi connectivity index (χ3n) is 4.46. The Balaban J connectivity index is 2.15. The van der Waals surface area contributed by atoms with E-state index in [1.54, 1.807) is 14.2 Å². The molecule has 0 radical (unpaired) electrons. The largest absolute Gasteiger partial charge is 0.493 e. The fraction of sp³-hybridized carbons (Fsp3) is 0.316. The van der Waals surface area contributed by atoms with Gasteiger partial charge in [-0.25, -0.2) is 0 Å². The number of thiocarbonyl (C=S) groups is 1. The van der Waals surface area contributed by atoms with Crippen LogP contribution >= 0.6 is 12.2 Å². The van der Waals surface area contributed by atoms with E-state index in [1.165, 1.54) is 16.7 Å². The number of hydrogen-bond donors (Lipinski definition) is 1. The van der Waals surface area contributed by atoms with Crippen LogP contribution in [0, 0.1) is 0 Å². The summed E-state index contributed by atoms with van der Waals surface area (Å²) in [4.78, 5) is 2.24. The van der Waals surface area contributed by atoms with Crippen molar-refractivity contribution in [2.45, 2.75) is 12.5 Å². The maximum Gasteiger partial charge on any atom is 0.169 e. The van der Waals surface area contributed by atoms with Gasteiger partial charge in [0, 0.05) is 13.6 Å². The number of rotatable bonds is 3. The van der Waals surface area contributed by atoms with Crippen LogP contribution in [-0.2, 0) is 6.42 Å². The molecule has 0 saturated carbocycles. The molecule has 1 aliphatic rings. The van der Waals surface area contributed by atoms with Crippen molar-refractivity contribution in [2.75, 3.05) is 27.8 Å². The Morgan fingerprint density at radius 2 is 1.79 bits per heavy atom. The summed E-state index contributed by atoms with van der Waals surface area (Å²) in [5.41, 5.74) is 3.70. The number of nitrogens with one attached hydrogen (secondary N) is 1. The number of hydrogen-bond acceptors (Lipinski definition) is 3. The highest BCUT2D eigenvalue weighted by atomic mass is 32.1. The molecule has 0 aromatic heterocycles. The summed E-state index contributed by atoms with van der Waals surface area (Å²) in [5, 5.41) is 3.87. The molecular formula is C19H22N2O2S. The average Bonchev–Trinajstić information content (AvgIpc) is 2.65. The summed E-state index contributed by atoms with van der Waals surface area (Å²) in [6.45, 7) is 0.863. The predicted molar refractivity (Wildman–Crippen MR) is 99.9 cm³/mol. The van der Waals surface area contributed by atoms with Crippen molar-refractivity contribution in [1.82, 2.24) is 10.2 Å². The molecule has 0 fully saturated rings. The van der Waals surface area contributed by atoms with Gasteiger partial charge in [-0.1, -0.05) is 30.3 Å². The van der Waals surface area contributed by atoms with E-state index >= 15 is 0 Å². The quantitative estimate of drug-likeness (QED) is 0.867. The lowest BCUT2D eigenvalue weighted by Crippen LogP contribution is -2.44. The van der Waals surface area contributed by atoms with Crippen LogP contribution in [0.4, 0.5) is 0 Å². The molecule has 126 valence electrons. The Bertz CT molecular complexity index is 734. The van der Waals surface area contributed by atoms with Gasteiger partial charge in [-0.2, -0.15) is 0 Å². The van der Waals surface area contributed by atoms with Crippen LogP contribution in [0.15, 0.2) is 42.5 Å². The second-order valence-corrected chi connectivity index (χ2v) is 6.10. The first kappa shape index (κ1) is 16.6. The fourth-order valence-corrected chi connectivity index (χ4v) is 3.50. The zero-order chi connectivity index (χ0) is 17.1. The fourth-order valence-electron chi connectivity index (χ4n) is 3.30. The van der Waals surface area contributed by atoms with Crippen LogP contribution in [0.3, 0.4) is 0 Å². The zero-order valence-electron chi connectivity index (χ0n) is 14.2. The Hall–Kier alpha value is -2.27. The molecule has 1 heterocycles. The first-order valence-electron chi connectivity index (χ1n) is 7.97. The average molecular weight is 342 g/mol. The zero-order valence-corrected chi connectivity index (χ0v) is 15.0. The summed E-state index contributed by atoms with van der Waals surface area (Å²) >= 11 is 5.55. The second kappa shape index (κ2) is 7.09. The topological polar surface area (TPSA) is 33.7 Å². The molecule has 1 aliphatic heterocycles. The van der Waals surface area contributed by atoms with Gasteiger partial charge >= 0.3 is 0 Å². The maximum absolute atomic E-state index is 5.55. The Morgan fingerprint density at radius 3 is 2.42 bits per heavy atom. The Morgan fingerprint density at radius 1 is 1.12 bits per heavy atom. The molecule has 3 rings (SSSR count). The molecule has 0 amide bonds. The first-order chi connectivity index (χ1) is 11.7. The molecule has 1 atom stereocenters. The molecule has 0 unspecified atom stereocenters. The molecule has 4 nitrogen and oxygen atoms in total. The maximum atomic E-state index is 5.55. The van der Waals surface area contributed by atoms with Crippen molar-refractivity contribution in [3.05, 3.63) is 59.2 Å². The third-order valence-corrected chi connectivity index (χ3v) is 4.90. The number of nitrogens with zero attached hydrogens (tertiary/aromatic N) is 1. The summed E-state index contributed by atoms with van der Waals surface area (Å²) in [5.74, 6) is 1.52. The van der Waals surface area contributed by atoms with Crippen LogP contribution < -0.4 is 14.8 Å². The van der Waals surface area contributed by atoms with Crippen molar-refractivity contribution >= 4 is 17.3 Å². The van der Waals surface area contributed by atoms with E-state index in [1.807, 2.05) is 13.1 Å². The van der Waals surface area contributed by atoms with E-state index in [0.717, 1.165) is 29.6 Å². The minimum Gasteiger partial charge on any atom is -0.493 e. The van der Waals surface area contributed by atoms with Crippen LogP contribution in [0.5, 0.6) is 11.5 Å². The lowest BCUT2D eigenvalue weighted by Gasteiger charge is -2.39.